The summed E-state index contributed by atoms with van der Waals surface area (Å²) in [6.07, 6.45) is 0.822. The maximum absolute atomic E-state index is 11.7. The summed E-state index contributed by atoms with van der Waals surface area (Å²) >= 11 is 0. The van der Waals surface area contributed by atoms with E-state index in [1.54, 1.807) is 0 Å². The molecule has 1 heterocycles. The quantitative estimate of drug-likeness (QED) is 0.741. The third kappa shape index (κ3) is 1.27. The van der Waals surface area contributed by atoms with E-state index in [0.29, 0.717) is 13.2 Å². The van der Waals surface area contributed by atoms with Crippen LogP contribution in [0, 0.1) is 0 Å². The minimum Gasteiger partial charge on any atom is -0.363 e. The number of rotatable bonds is 1. The molecule has 2 fully saturated rings. The van der Waals surface area contributed by atoms with Gasteiger partial charge >= 0.3 is 0 Å². The monoisotopic (exact) mass is 203 g/mol. The number of morpholine rings is 1. The molecule has 15 heavy (non-hydrogen) atoms. The standard InChI is InChI=1S/C12H13NO2/c14-11-12(15-7-6-13-11)8-10(12)9-4-2-1-3-5-9/h1-5,10H,6-8H2,(H,13,14). The van der Waals surface area contributed by atoms with Crippen LogP contribution in [0.25, 0.3) is 0 Å². The zero-order valence-electron chi connectivity index (χ0n) is 8.40. The lowest BCUT2D eigenvalue weighted by molar-refractivity contribution is -0.141. The molecule has 1 spiro atoms. The summed E-state index contributed by atoms with van der Waals surface area (Å²) in [5.41, 5.74) is 0.661. The van der Waals surface area contributed by atoms with Crippen LogP contribution < -0.4 is 5.32 Å². The lowest BCUT2D eigenvalue weighted by Crippen LogP contribution is -2.47. The lowest BCUT2D eigenvalue weighted by atomic mass is 10.1. The predicted molar refractivity (Wildman–Crippen MR) is 55.5 cm³/mol. The van der Waals surface area contributed by atoms with Crippen molar-refractivity contribution < 1.29 is 9.53 Å². The van der Waals surface area contributed by atoms with Gasteiger partial charge in [-0.15, -0.1) is 0 Å². The van der Waals surface area contributed by atoms with Gasteiger partial charge in [-0.25, -0.2) is 0 Å². The van der Waals surface area contributed by atoms with Crippen molar-refractivity contribution in [1.29, 1.82) is 0 Å². The number of carbonyl (C=O) groups is 1. The van der Waals surface area contributed by atoms with Crippen molar-refractivity contribution in [2.75, 3.05) is 13.2 Å². The molecular weight excluding hydrogens is 190 g/mol. The highest BCUT2D eigenvalue weighted by Gasteiger charge is 2.63. The van der Waals surface area contributed by atoms with Crippen LogP contribution >= 0.6 is 0 Å². The Bertz CT molecular complexity index is 390. The zero-order valence-corrected chi connectivity index (χ0v) is 8.40. The summed E-state index contributed by atoms with van der Waals surface area (Å²) < 4.78 is 5.64. The highest BCUT2D eigenvalue weighted by Crippen LogP contribution is 2.54. The molecule has 2 unspecified atom stereocenters. The van der Waals surface area contributed by atoms with Crippen molar-refractivity contribution >= 4 is 5.91 Å². The first-order chi connectivity index (χ1) is 7.33. The van der Waals surface area contributed by atoms with Crippen LogP contribution in [0.15, 0.2) is 30.3 Å². The highest BCUT2D eigenvalue weighted by molar-refractivity contribution is 5.91. The Balaban J connectivity index is 1.85. The number of benzene rings is 1. The molecule has 78 valence electrons. The van der Waals surface area contributed by atoms with Crippen LogP contribution in [0.4, 0.5) is 0 Å². The number of nitrogens with one attached hydrogen (secondary N) is 1. The van der Waals surface area contributed by atoms with E-state index < -0.39 is 5.60 Å². The van der Waals surface area contributed by atoms with Crippen molar-refractivity contribution in [3.05, 3.63) is 35.9 Å². The SMILES string of the molecule is O=C1NCCOC12CC2c1ccccc1. The average molecular weight is 203 g/mol. The minimum absolute atomic E-state index is 0.0580. The van der Waals surface area contributed by atoms with Crippen molar-refractivity contribution in [2.24, 2.45) is 0 Å². The van der Waals surface area contributed by atoms with Crippen LogP contribution in [0.1, 0.15) is 17.9 Å². The second-order valence-corrected chi connectivity index (χ2v) is 4.16. The Kier molecular flexibility index (Phi) is 1.83. The van der Waals surface area contributed by atoms with Crippen LogP contribution in [0.5, 0.6) is 0 Å². The summed E-state index contributed by atoms with van der Waals surface area (Å²) in [4.78, 5) is 11.7. The van der Waals surface area contributed by atoms with Gasteiger partial charge in [0.05, 0.1) is 6.61 Å². The van der Waals surface area contributed by atoms with Gasteiger partial charge in [0.1, 0.15) is 0 Å². The average Bonchev–Trinajstić information content (AvgIpc) is 3.00. The van der Waals surface area contributed by atoms with E-state index in [0.717, 1.165) is 6.42 Å². The first-order valence-electron chi connectivity index (χ1n) is 5.30. The van der Waals surface area contributed by atoms with Gasteiger partial charge in [0.15, 0.2) is 5.60 Å². The number of amides is 1. The smallest absolute Gasteiger partial charge is 0.253 e. The van der Waals surface area contributed by atoms with Gasteiger partial charge in [0, 0.05) is 12.5 Å². The van der Waals surface area contributed by atoms with E-state index in [-0.39, 0.29) is 11.8 Å². The first kappa shape index (κ1) is 8.92. The molecule has 1 saturated carbocycles. The van der Waals surface area contributed by atoms with E-state index in [1.165, 1.54) is 5.56 Å². The molecule has 1 aliphatic carbocycles. The predicted octanol–water partition coefficient (Wildman–Crippen LogP) is 1.06. The van der Waals surface area contributed by atoms with E-state index in [1.807, 2.05) is 18.2 Å². The molecule has 1 aromatic rings. The summed E-state index contributed by atoms with van der Waals surface area (Å²) in [6, 6.07) is 10.1. The van der Waals surface area contributed by atoms with Crippen molar-refractivity contribution in [1.82, 2.24) is 5.32 Å². The molecule has 3 nitrogen and oxygen atoms in total. The van der Waals surface area contributed by atoms with Crippen molar-refractivity contribution in [3.8, 4) is 0 Å². The maximum atomic E-state index is 11.7. The molecule has 1 aromatic carbocycles. The molecule has 1 N–H and O–H groups in total. The van der Waals surface area contributed by atoms with Gasteiger partial charge < -0.3 is 10.1 Å². The molecule has 3 heteroatoms. The normalized spacial score (nSPS) is 33.9. The first-order valence-corrected chi connectivity index (χ1v) is 5.30. The Morgan fingerprint density at radius 2 is 2.13 bits per heavy atom. The van der Waals surface area contributed by atoms with E-state index in [9.17, 15) is 4.79 Å². The van der Waals surface area contributed by atoms with Crippen LogP contribution in [0.3, 0.4) is 0 Å². The topological polar surface area (TPSA) is 38.3 Å². The van der Waals surface area contributed by atoms with Gasteiger partial charge in [-0.05, 0) is 12.0 Å². The summed E-state index contributed by atoms with van der Waals surface area (Å²) in [5.74, 6) is 0.307. The van der Waals surface area contributed by atoms with Crippen LogP contribution in [-0.4, -0.2) is 24.7 Å². The van der Waals surface area contributed by atoms with E-state index in [2.05, 4.69) is 17.4 Å². The Labute approximate surface area is 88.4 Å². The van der Waals surface area contributed by atoms with Gasteiger partial charge in [-0.1, -0.05) is 30.3 Å². The Morgan fingerprint density at radius 1 is 1.33 bits per heavy atom. The molecule has 3 rings (SSSR count). The maximum Gasteiger partial charge on any atom is 0.253 e. The second kappa shape index (κ2) is 3.07. The summed E-state index contributed by atoms with van der Waals surface area (Å²) in [5, 5.41) is 2.87. The Hall–Kier alpha value is -1.35. The van der Waals surface area contributed by atoms with Gasteiger partial charge in [-0.3, -0.25) is 4.79 Å². The molecule has 1 amide bonds. The fraction of sp³-hybridized carbons (Fsp3) is 0.417. The molecular formula is C12H13NO2. The Morgan fingerprint density at radius 3 is 2.87 bits per heavy atom. The van der Waals surface area contributed by atoms with E-state index in [4.69, 9.17) is 4.74 Å². The highest BCUT2D eigenvalue weighted by atomic mass is 16.5. The summed E-state index contributed by atoms with van der Waals surface area (Å²) in [6.45, 7) is 1.27. The van der Waals surface area contributed by atoms with Gasteiger partial charge in [-0.2, -0.15) is 0 Å². The number of ether oxygens (including phenoxy) is 1. The molecule has 1 saturated heterocycles. The largest absolute Gasteiger partial charge is 0.363 e. The number of hydrogen-bond donors (Lipinski definition) is 1. The minimum atomic E-state index is -0.542. The van der Waals surface area contributed by atoms with Crippen LogP contribution in [0.2, 0.25) is 0 Å². The molecule has 0 bridgehead atoms. The molecule has 2 aliphatic rings. The summed E-state index contributed by atoms with van der Waals surface area (Å²) in [7, 11) is 0. The van der Waals surface area contributed by atoms with E-state index >= 15 is 0 Å². The van der Waals surface area contributed by atoms with Crippen molar-refractivity contribution in [3.63, 3.8) is 0 Å². The fourth-order valence-corrected chi connectivity index (χ4v) is 2.34. The van der Waals surface area contributed by atoms with Crippen LogP contribution in [-0.2, 0) is 9.53 Å². The van der Waals surface area contributed by atoms with Crippen molar-refractivity contribution in [2.45, 2.75) is 17.9 Å². The fourth-order valence-electron chi connectivity index (χ4n) is 2.34. The molecule has 2 atom stereocenters. The third-order valence-electron chi connectivity index (χ3n) is 3.24. The molecule has 0 aromatic heterocycles. The number of hydrogen-bond acceptors (Lipinski definition) is 2. The molecule has 0 radical (unpaired) electrons. The number of carbonyl (C=O) groups excluding carboxylic acids is 1. The third-order valence-corrected chi connectivity index (χ3v) is 3.24. The van der Waals surface area contributed by atoms with Gasteiger partial charge in [0.2, 0.25) is 0 Å². The zero-order chi connectivity index (χ0) is 10.3. The second-order valence-electron chi connectivity index (χ2n) is 4.16. The molecule has 1 aliphatic heterocycles. The lowest BCUT2D eigenvalue weighted by Gasteiger charge is -2.23. The van der Waals surface area contributed by atoms with Gasteiger partial charge in [0.25, 0.3) is 5.91 Å².